The molecule has 0 spiro atoms. The highest BCUT2D eigenvalue weighted by Gasteiger charge is 2.44. The van der Waals surface area contributed by atoms with E-state index in [2.05, 4.69) is 55.6 Å². The van der Waals surface area contributed by atoms with E-state index in [1.807, 2.05) is 6.08 Å². The Morgan fingerprint density at radius 2 is 0.792 bits per heavy atom. The number of amides is 1. The van der Waals surface area contributed by atoms with Gasteiger partial charge in [0.1, 0.15) is 24.4 Å². The molecule has 0 aromatic rings. The lowest BCUT2D eigenvalue weighted by Gasteiger charge is -2.40. The maximum atomic E-state index is 13.1. The first-order chi connectivity index (χ1) is 35.3. The van der Waals surface area contributed by atoms with E-state index in [4.69, 9.17) is 9.47 Å². The largest absolute Gasteiger partial charge is 0.394 e. The molecule has 0 bridgehead atoms. The number of unbranched alkanes of at least 4 members (excludes halogenated alkanes) is 37. The number of allylic oxidation sites excluding steroid dienone is 7. The number of hydrogen-bond donors (Lipinski definition) is 6. The lowest BCUT2D eigenvalue weighted by molar-refractivity contribution is -0.302. The molecular weight excluding hydrogens is 899 g/mol. The van der Waals surface area contributed by atoms with Gasteiger partial charge >= 0.3 is 0 Å². The third kappa shape index (κ3) is 41.4. The van der Waals surface area contributed by atoms with Gasteiger partial charge in [-0.15, -0.1) is 0 Å². The van der Waals surface area contributed by atoms with Gasteiger partial charge in [-0.05, 0) is 70.6 Å². The van der Waals surface area contributed by atoms with Crippen molar-refractivity contribution in [3.8, 4) is 0 Å². The SMILES string of the molecule is CCCCCCCCCC/C=C\CCCCCCCCCCCCCCCCCCCC(=O)NC(COC1OC(CO)C(O)C(O)C1O)C(O)/C=C/CC/C=C/CC/C=C/CCCCCCCCCCCC. The van der Waals surface area contributed by atoms with Gasteiger partial charge in [-0.3, -0.25) is 4.79 Å². The molecule has 1 aliphatic heterocycles. The molecule has 1 aliphatic rings. The molecule has 0 aromatic carbocycles. The fourth-order valence-corrected chi connectivity index (χ4v) is 9.72. The van der Waals surface area contributed by atoms with Gasteiger partial charge in [0.15, 0.2) is 6.29 Å². The summed E-state index contributed by atoms with van der Waals surface area (Å²) in [5, 5.41) is 54.5. The van der Waals surface area contributed by atoms with Crippen LogP contribution in [0.15, 0.2) is 48.6 Å². The molecule has 0 radical (unpaired) electrons. The van der Waals surface area contributed by atoms with Crippen molar-refractivity contribution in [3.05, 3.63) is 48.6 Å². The van der Waals surface area contributed by atoms with Crippen LogP contribution in [-0.4, -0.2) is 87.5 Å². The molecule has 1 saturated heterocycles. The molecule has 422 valence electrons. The summed E-state index contributed by atoms with van der Waals surface area (Å²) in [6.45, 7) is 3.78. The van der Waals surface area contributed by atoms with Gasteiger partial charge in [-0.1, -0.05) is 262 Å². The second-order valence-corrected chi connectivity index (χ2v) is 21.5. The third-order valence-corrected chi connectivity index (χ3v) is 14.6. The first-order valence-corrected chi connectivity index (χ1v) is 30.9. The van der Waals surface area contributed by atoms with Gasteiger partial charge in [0.05, 0.1) is 25.4 Å². The zero-order valence-electron chi connectivity index (χ0n) is 46.9. The molecule has 1 heterocycles. The van der Waals surface area contributed by atoms with Crippen LogP contribution in [0.1, 0.15) is 290 Å². The summed E-state index contributed by atoms with van der Waals surface area (Å²) in [4.78, 5) is 13.1. The Hall–Kier alpha value is -1.85. The Balaban J connectivity index is 2.20. The summed E-state index contributed by atoms with van der Waals surface area (Å²) in [5.74, 6) is -0.187. The van der Waals surface area contributed by atoms with Crippen LogP contribution in [-0.2, 0) is 14.3 Å². The van der Waals surface area contributed by atoms with Gasteiger partial charge in [0, 0.05) is 6.42 Å². The van der Waals surface area contributed by atoms with Crippen molar-refractivity contribution in [1.82, 2.24) is 5.32 Å². The molecular formula is C63H117NO8. The number of aliphatic hydroxyl groups excluding tert-OH is 5. The van der Waals surface area contributed by atoms with Crippen molar-refractivity contribution in [3.63, 3.8) is 0 Å². The average molecular weight is 1020 g/mol. The monoisotopic (exact) mass is 1020 g/mol. The van der Waals surface area contributed by atoms with Crippen molar-refractivity contribution < 1.29 is 39.8 Å². The van der Waals surface area contributed by atoms with Crippen molar-refractivity contribution in [2.45, 2.75) is 333 Å². The summed E-state index contributed by atoms with van der Waals surface area (Å²) < 4.78 is 11.3. The van der Waals surface area contributed by atoms with E-state index in [1.165, 1.54) is 225 Å². The topological polar surface area (TPSA) is 149 Å². The Kier molecular flexibility index (Phi) is 49.8. The smallest absolute Gasteiger partial charge is 0.220 e. The van der Waals surface area contributed by atoms with E-state index in [1.54, 1.807) is 6.08 Å². The molecule has 9 nitrogen and oxygen atoms in total. The lowest BCUT2D eigenvalue weighted by Crippen LogP contribution is -2.60. The molecule has 0 aliphatic carbocycles. The standard InChI is InChI=1S/C63H117NO8/c1-3-5-7-9-11-13-15-17-19-21-23-25-26-27-28-29-30-31-32-33-35-37-39-41-43-45-47-49-51-53-59(67)64-56(55-71-63-62(70)61(69)60(68)58(54-65)72-63)57(66)52-50-48-46-44-42-40-38-36-34-24-22-20-18-16-14-12-10-8-6-4-2/h21,23,34,36,42,44,50,52,56-58,60-63,65-66,68-70H,3-20,22,24-33,35,37-41,43,45-49,51,53-55H2,1-2H3,(H,64,67)/b23-21-,36-34+,44-42+,52-50+. The van der Waals surface area contributed by atoms with E-state index < -0.39 is 49.5 Å². The van der Waals surface area contributed by atoms with Gasteiger partial charge < -0.3 is 40.3 Å². The fourth-order valence-electron chi connectivity index (χ4n) is 9.72. The van der Waals surface area contributed by atoms with Crippen LogP contribution >= 0.6 is 0 Å². The van der Waals surface area contributed by atoms with Gasteiger partial charge in [-0.2, -0.15) is 0 Å². The average Bonchev–Trinajstić information content (AvgIpc) is 3.38. The second-order valence-electron chi connectivity index (χ2n) is 21.5. The summed E-state index contributed by atoms with van der Waals surface area (Å²) in [5.41, 5.74) is 0. The molecule has 0 saturated carbocycles. The zero-order chi connectivity index (χ0) is 52.2. The van der Waals surface area contributed by atoms with Crippen LogP contribution in [0.5, 0.6) is 0 Å². The zero-order valence-corrected chi connectivity index (χ0v) is 46.9. The van der Waals surface area contributed by atoms with Crippen LogP contribution in [0.2, 0.25) is 0 Å². The normalized spacial score (nSPS) is 19.5. The molecule has 1 amide bonds. The van der Waals surface area contributed by atoms with Crippen LogP contribution in [0, 0.1) is 0 Å². The predicted molar refractivity (Wildman–Crippen MR) is 304 cm³/mol. The number of ether oxygens (including phenoxy) is 2. The summed E-state index contributed by atoms with van der Waals surface area (Å²) >= 11 is 0. The van der Waals surface area contributed by atoms with Gasteiger partial charge in [0.25, 0.3) is 0 Å². The molecule has 0 aromatic heterocycles. The van der Waals surface area contributed by atoms with Crippen LogP contribution in [0.25, 0.3) is 0 Å². The van der Waals surface area contributed by atoms with Crippen molar-refractivity contribution in [1.29, 1.82) is 0 Å². The summed E-state index contributed by atoms with van der Waals surface area (Å²) in [7, 11) is 0. The molecule has 7 atom stereocenters. The highest BCUT2D eigenvalue weighted by atomic mass is 16.7. The van der Waals surface area contributed by atoms with Crippen LogP contribution in [0.4, 0.5) is 0 Å². The Morgan fingerprint density at radius 1 is 0.458 bits per heavy atom. The number of nitrogens with one attached hydrogen (secondary N) is 1. The number of rotatable bonds is 53. The van der Waals surface area contributed by atoms with Gasteiger partial charge in [-0.25, -0.2) is 0 Å². The van der Waals surface area contributed by atoms with Crippen molar-refractivity contribution in [2.24, 2.45) is 0 Å². The minimum absolute atomic E-state index is 0.187. The van der Waals surface area contributed by atoms with Crippen molar-refractivity contribution >= 4 is 5.91 Å². The fraction of sp³-hybridized carbons (Fsp3) is 0.857. The number of carbonyl (C=O) groups excluding carboxylic acids is 1. The molecule has 7 unspecified atom stereocenters. The van der Waals surface area contributed by atoms with E-state index >= 15 is 0 Å². The number of carbonyl (C=O) groups is 1. The minimum Gasteiger partial charge on any atom is -0.394 e. The molecule has 9 heteroatoms. The van der Waals surface area contributed by atoms with Crippen molar-refractivity contribution in [2.75, 3.05) is 13.2 Å². The van der Waals surface area contributed by atoms with E-state index in [0.717, 1.165) is 44.9 Å². The summed E-state index contributed by atoms with van der Waals surface area (Å²) in [6.07, 6.45) is 63.4. The maximum Gasteiger partial charge on any atom is 0.220 e. The Morgan fingerprint density at radius 3 is 1.17 bits per heavy atom. The molecule has 72 heavy (non-hydrogen) atoms. The molecule has 6 N–H and O–H groups in total. The van der Waals surface area contributed by atoms with E-state index in [9.17, 15) is 30.3 Å². The number of hydrogen-bond acceptors (Lipinski definition) is 8. The van der Waals surface area contributed by atoms with Crippen LogP contribution < -0.4 is 5.32 Å². The molecule has 1 fully saturated rings. The molecule has 1 rings (SSSR count). The predicted octanol–water partition coefficient (Wildman–Crippen LogP) is 15.7. The summed E-state index contributed by atoms with van der Waals surface area (Å²) in [6, 6.07) is -0.828. The quantitative estimate of drug-likeness (QED) is 0.0261. The minimum atomic E-state index is -1.58. The first kappa shape index (κ1) is 68.2. The second kappa shape index (κ2) is 52.6. The number of aliphatic hydroxyl groups is 5. The highest BCUT2D eigenvalue weighted by molar-refractivity contribution is 5.76. The first-order valence-electron chi connectivity index (χ1n) is 30.9. The van der Waals surface area contributed by atoms with E-state index in [0.29, 0.717) is 6.42 Å². The maximum absolute atomic E-state index is 13.1. The van der Waals surface area contributed by atoms with E-state index in [-0.39, 0.29) is 12.5 Å². The highest BCUT2D eigenvalue weighted by Crippen LogP contribution is 2.23. The Labute approximate surface area is 444 Å². The Bertz CT molecular complexity index is 1270. The van der Waals surface area contributed by atoms with Crippen LogP contribution in [0.3, 0.4) is 0 Å². The lowest BCUT2D eigenvalue weighted by atomic mass is 9.99. The third-order valence-electron chi connectivity index (χ3n) is 14.6. The van der Waals surface area contributed by atoms with Gasteiger partial charge in [0.2, 0.25) is 5.91 Å².